The van der Waals surface area contributed by atoms with Crippen molar-refractivity contribution < 1.29 is 8.83 Å². The van der Waals surface area contributed by atoms with Gasteiger partial charge in [-0.05, 0) is 148 Å². The lowest BCUT2D eigenvalue weighted by Gasteiger charge is -2.23. The molecule has 9 heteroatoms. The third-order valence-electron chi connectivity index (χ3n) is 22.2. The van der Waals surface area contributed by atoms with Crippen LogP contribution in [0.25, 0.3) is 189 Å². The van der Waals surface area contributed by atoms with Crippen molar-refractivity contribution in [2.75, 3.05) is 0 Å². The Kier molecular flexibility index (Phi) is 13.5. The van der Waals surface area contributed by atoms with E-state index in [2.05, 4.69) is 273 Å². The highest BCUT2D eigenvalue weighted by Gasteiger charge is 2.43. The lowest BCUT2D eigenvalue weighted by atomic mass is 9.79. The molecule has 2 aliphatic rings. The van der Waals surface area contributed by atoms with Gasteiger partial charge in [0.1, 0.15) is 22.3 Å². The molecule has 0 saturated heterocycles. The summed E-state index contributed by atoms with van der Waals surface area (Å²) in [5, 5.41) is 9.88. The minimum Gasteiger partial charge on any atom is -0.456 e. The normalized spacial score (nSPS) is 13.2. The maximum atomic E-state index is 6.38. The molecule has 0 aliphatic heterocycles. The van der Waals surface area contributed by atoms with Crippen molar-refractivity contribution in [2.24, 2.45) is 0 Å². The second-order valence-corrected chi connectivity index (χ2v) is 29.0. The van der Waals surface area contributed by atoms with Crippen molar-refractivity contribution in [3.05, 3.63) is 344 Å². The number of rotatable bonds is 8. The predicted octanol–water partition coefficient (Wildman–Crippen LogP) is 25.0. The van der Waals surface area contributed by atoms with Gasteiger partial charge in [0.25, 0.3) is 0 Å². The highest BCUT2D eigenvalue weighted by atomic mass is 16.3. The van der Waals surface area contributed by atoms with Gasteiger partial charge in [0.2, 0.25) is 0 Å². The molecule has 20 aromatic rings. The summed E-state index contributed by atoms with van der Waals surface area (Å²) in [5.74, 6) is 2.65. The van der Waals surface area contributed by atoms with Gasteiger partial charge in [0, 0.05) is 98.7 Å². The molecule has 0 amide bonds. The number of fused-ring (bicyclic) bond motifs is 22. The summed E-state index contributed by atoms with van der Waals surface area (Å²) in [7, 11) is 0. The van der Waals surface area contributed by atoms with Gasteiger partial charge in [-0.2, -0.15) is 0 Å². The second-order valence-electron chi connectivity index (χ2n) is 29.0. The Balaban J connectivity index is 0.000000136. The van der Waals surface area contributed by atoms with E-state index in [1.165, 1.54) is 110 Å². The fraction of sp³-hybridized carbons (Fsp3) is 0.0619. The van der Waals surface area contributed by atoms with Crippen LogP contribution in [-0.4, -0.2) is 34.1 Å². The maximum absolute atomic E-state index is 6.38. The van der Waals surface area contributed by atoms with E-state index in [9.17, 15) is 0 Å². The molecule has 0 fully saturated rings. The van der Waals surface area contributed by atoms with Crippen LogP contribution in [0.4, 0.5) is 0 Å². The quantitative estimate of drug-likeness (QED) is 0.149. The van der Waals surface area contributed by atoms with Gasteiger partial charge in [-0.3, -0.25) is 0 Å². The van der Waals surface area contributed by atoms with Crippen molar-refractivity contribution >= 4 is 87.5 Å². The smallest absolute Gasteiger partial charge is 0.164 e. The van der Waals surface area contributed by atoms with Gasteiger partial charge in [0.05, 0.1) is 33.5 Å². The average Bonchev–Trinajstić information content (AvgIpc) is 1.53. The Morgan fingerprint density at radius 3 is 0.925 bits per heavy atom. The zero-order valence-corrected chi connectivity index (χ0v) is 58.5. The molecule has 0 atom stereocenters. The molecule has 0 radical (unpaired) electrons. The van der Waals surface area contributed by atoms with Gasteiger partial charge in [0.15, 0.2) is 23.3 Å². The molecule has 9 nitrogen and oxygen atoms in total. The van der Waals surface area contributed by atoms with Gasteiger partial charge in [-0.15, -0.1) is 0 Å². The predicted molar refractivity (Wildman–Crippen MR) is 433 cm³/mol. The van der Waals surface area contributed by atoms with Crippen molar-refractivity contribution in [3.63, 3.8) is 0 Å². The van der Waals surface area contributed by atoms with Gasteiger partial charge < -0.3 is 18.0 Å². The molecule has 2 aliphatic carbocycles. The van der Waals surface area contributed by atoms with E-state index in [0.717, 1.165) is 78.5 Å². The Morgan fingerprint density at radius 2 is 0.538 bits per heavy atom. The first-order valence-corrected chi connectivity index (χ1v) is 36.2. The van der Waals surface area contributed by atoms with Crippen LogP contribution < -0.4 is 0 Å². The summed E-state index contributed by atoms with van der Waals surface area (Å²) >= 11 is 0. The van der Waals surface area contributed by atoms with Gasteiger partial charge >= 0.3 is 0 Å². The van der Waals surface area contributed by atoms with Gasteiger partial charge in [-0.25, -0.2) is 24.9 Å². The Labute approximate surface area is 610 Å². The lowest BCUT2D eigenvalue weighted by Crippen LogP contribution is -2.16. The van der Waals surface area contributed by atoms with Crippen LogP contribution in [0, 0.1) is 0 Å². The average molecular weight is 1360 g/mol. The van der Waals surface area contributed by atoms with Crippen molar-refractivity contribution in [1.29, 1.82) is 0 Å². The molecular formula is C97H65N7O2. The molecule has 106 heavy (non-hydrogen) atoms. The molecule has 0 spiro atoms. The molecule has 500 valence electrons. The number of hydrogen-bond acceptors (Lipinski definition) is 7. The molecule has 14 aromatic carbocycles. The molecule has 0 unspecified atom stereocenters. The third kappa shape index (κ3) is 9.31. The molecule has 6 heterocycles. The number of hydrogen-bond donors (Lipinski definition) is 0. The van der Waals surface area contributed by atoms with Crippen LogP contribution in [0.15, 0.2) is 330 Å². The monoisotopic (exact) mass is 1360 g/mol. The molecule has 0 saturated carbocycles. The number of furan rings is 2. The Bertz CT molecular complexity index is 6430. The highest BCUT2D eigenvalue weighted by Crippen LogP contribution is 2.59. The van der Waals surface area contributed by atoms with Crippen LogP contribution >= 0.6 is 0 Å². The minimum absolute atomic E-state index is 0.257. The van der Waals surface area contributed by atoms with Crippen LogP contribution in [0.3, 0.4) is 0 Å². The first kappa shape index (κ1) is 61.1. The number of para-hydroxylation sites is 4. The van der Waals surface area contributed by atoms with Crippen LogP contribution in [-0.2, 0) is 10.8 Å². The fourth-order valence-corrected chi connectivity index (χ4v) is 17.6. The third-order valence-corrected chi connectivity index (χ3v) is 22.2. The summed E-state index contributed by atoms with van der Waals surface area (Å²) < 4.78 is 17.6. The van der Waals surface area contributed by atoms with Crippen molar-refractivity contribution in [2.45, 2.75) is 38.5 Å². The standard InChI is InChI=1S/C49H33N3O.C48H32N4O/c1-49(2)46-34(35-26-28-43-45(47(35)49)37-18-10-12-20-42(37)53-43)25-27-41-44(46)36-17-9-11-19-40(36)52(41)33-23-21-32(22-24-33)48-50-38(30-13-5-3-6-14-30)29-39(51-48)31-15-7-4-8-16-31;1-48(2)43-33(34-26-28-40-42(44(34)48)36-18-10-12-20-39(36)53-40)25-27-38-41(43)35-17-9-11-19-37(35)52(38)32-23-21-31(22-24-32)47-50-45(29-13-5-3-6-14-29)49-46(51-47)30-15-7-4-8-16-30/h3-29H,1-2H3;3-28H,1-2H3. The summed E-state index contributed by atoms with van der Waals surface area (Å²) in [6.07, 6.45) is 0. The van der Waals surface area contributed by atoms with E-state index in [4.69, 9.17) is 33.8 Å². The van der Waals surface area contributed by atoms with E-state index in [0.29, 0.717) is 23.3 Å². The molecular weight excluding hydrogens is 1300 g/mol. The van der Waals surface area contributed by atoms with E-state index in [-0.39, 0.29) is 10.8 Å². The Morgan fingerprint density at radius 1 is 0.236 bits per heavy atom. The number of benzene rings is 14. The first-order valence-electron chi connectivity index (χ1n) is 36.2. The summed E-state index contributed by atoms with van der Waals surface area (Å²) in [6.45, 7) is 9.52. The van der Waals surface area contributed by atoms with E-state index in [1.807, 2.05) is 84.9 Å². The number of aromatic nitrogens is 7. The SMILES string of the molecule is CC1(C)c2c(ccc3oc4ccccc4c23)-c2ccc3c(c21)c1ccccc1n3-c1ccc(-c2nc(-c3ccccc3)cc(-c3ccccc3)n2)cc1.CC1(C)c2c(ccc3oc4ccccc4c23)-c2ccc3c(c21)c1ccccc1n3-c1ccc(-c2nc(-c3ccccc3)nc(-c3ccccc3)n2)cc1. The van der Waals surface area contributed by atoms with Crippen LogP contribution in [0.5, 0.6) is 0 Å². The lowest BCUT2D eigenvalue weighted by molar-refractivity contribution is 0.660. The topological polar surface area (TPSA) is 101 Å². The second kappa shape index (κ2) is 23.5. The largest absolute Gasteiger partial charge is 0.456 e. The van der Waals surface area contributed by atoms with Crippen molar-refractivity contribution in [1.82, 2.24) is 34.1 Å². The first-order chi connectivity index (χ1) is 52.1. The highest BCUT2D eigenvalue weighted by molar-refractivity contribution is 6.19. The zero-order valence-electron chi connectivity index (χ0n) is 58.5. The van der Waals surface area contributed by atoms with E-state index >= 15 is 0 Å². The number of nitrogens with zero attached hydrogens (tertiary/aromatic N) is 7. The van der Waals surface area contributed by atoms with Crippen molar-refractivity contribution in [3.8, 4) is 102 Å². The Hall–Kier alpha value is -13.6. The summed E-state index contributed by atoms with van der Waals surface area (Å²) in [4.78, 5) is 25.0. The maximum Gasteiger partial charge on any atom is 0.164 e. The fourth-order valence-electron chi connectivity index (χ4n) is 17.6. The van der Waals surface area contributed by atoms with Gasteiger partial charge in [-0.1, -0.05) is 246 Å². The zero-order chi connectivity index (χ0) is 70.5. The minimum atomic E-state index is -0.263. The van der Waals surface area contributed by atoms with Crippen LogP contribution in [0.2, 0.25) is 0 Å². The molecule has 22 rings (SSSR count). The van der Waals surface area contributed by atoms with E-state index < -0.39 is 0 Å². The molecule has 6 aromatic heterocycles. The summed E-state index contributed by atoms with van der Waals surface area (Å²) in [6, 6.07) is 113. The molecule has 0 N–H and O–H groups in total. The van der Waals surface area contributed by atoms with Crippen LogP contribution in [0.1, 0.15) is 49.9 Å². The summed E-state index contributed by atoms with van der Waals surface area (Å²) in [5.41, 5.74) is 28.5. The van der Waals surface area contributed by atoms with E-state index in [1.54, 1.807) is 0 Å². The molecule has 0 bridgehead atoms.